The van der Waals surface area contributed by atoms with Gasteiger partial charge in [0.15, 0.2) is 8.45 Å². The van der Waals surface area contributed by atoms with E-state index in [0.717, 1.165) is 0 Å². The molecule has 1 aromatic heterocycles. The molecule has 1 heterocycles. The highest BCUT2D eigenvalue weighted by Crippen LogP contribution is 2.50. The quantitative estimate of drug-likeness (QED) is 0.405. The highest BCUT2D eigenvalue weighted by Gasteiger charge is 2.34. The Morgan fingerprint density at radius 1 is 0.931 bits per heavy atom. The minimum atomic E-state index is -0.961. The number of nitrogens with one attached hydrogen (secondary N) is 1. The van der Waals surface area contributed by atoms with E-state index in [4.69, 9.17) is 9.26 Å². The Morgan fingerprint density at radius 2 is 1.41 bits per heavy atom. The Kier molecular flexibility index (Phi) is 10.7. The molecule has 0 saturated carbocycles. The summed E-state index contributed by atoms with van der Waals surface area (Å²) in [6.07, 6.45) is 1.51. The zero-order chi connectivity index (χ0) is 22.3. The fourth-order valence-electron chi connectivity index (χ4n) is 3.29. The summed E-state index contributed by atoms with van der Waals surface area (Å²) in [6.45, 7) is 20.1. The summed E-state index contributed by atoms with van der Waals surface area (Å²) in [5, 5.41) is 0. The Morgan fingerprint density at radius 3 is 1.86 bits per heavy atom. The average molecular weight is 431 g/mol. The van der Waals surface area contributed by atoms with Gasteiger partial charge in [-0.25, -0.2) is 14.1 Å². The molecular weight excluding hydrogens is 391 g/mol. The number of aromatic nitrogens is 2. The van der Waals surface area contributed by atoms with Gasteiger partial charge in [-0.1, -0.05) is 0 Å². The molecule has 0 saturated heterocycles. The van der Waals surface area contributed by atoms with Gasteiger partial charge in [0.2, 0.25) is 0 Å². The van der Waals surface area contributed by atoms with E-state index >= 15 is 0 Å². The number of aromatic amines is 1. The largest absolute Gasteiger partial charge is 0.358 e. The first kappa shape index (κ1) is 26.0. The third kappa shape index (κ3) is 7.61. The molecule has 0 radical (unpaired) electrons. The van der Waals surface area contributed by atoms with Crippen molar-refractivity contribution in [3.05, 3.63) is 32.6 Å². The molecule has 9 heteroatoms. The number of nitrogens with zero attached hydrogens (tertiary/aromatic N) is 3. The minimum absolute atomic E-state index is 0.0773. The van der Waals surface area contributed by atoms with Crippen molar-refractivity contribution in [1.82, 2.24) is 18.9 Å². The molecule has 29 heavy (non-hydrogen) atoms. The molecule has 0 aliphatic heterocycles. The third-order valence-corrected chi connectivity index (χ3v) is 7.42. The number of aryl methyl sites for hydroxylation is 1. The number of ether oxygens (including phenoxy) is 1. The molecule has 0 aliphatic rings. The Hall–Kier alpha value is -1.05. The van der Waals surface area contributed by atoms with Crippen molar-refractivity contribution < 1.29 is 9.26 Å². The molecule has 1 aromatic rings. The fourth-order valence-corrected chi connectivity index (χ4v) is 5.61. The molecule has 0 aromatic carbocycles. The van der Waals surface area contributed by atoms with Crippen molar-refractivity contribution in [2.24, 2.45) is 0 Å². The lowest BCUT2D eigenvalue weighted by molar-refractivity contribution is 0.0474. The van der Waals surface area contributed by atoms with Crippen LogP contribution >= 0.6 is 8.45 Å². The van der Waals surface area contributed by atoms with Crippen molar-refractivity contribution in [1.29, 1.82) is 0 Å². The zero-order valence-corrected chi connectivity index (χ0v) is 20.3. The zero-order valence-electron chi connectivity index (χ0n) is 19.4. The van der Waals surface area contributed by atoms with E-state index < -0.39 is 14.1 Å². The maximum atomic E-state index is 11.8. The van der Waals surface area contributed by atoms with Crippen molar-refractivity contribution in [2.45, 2.75) is 93.2 Å². The van der Waals surface area contributed by atoms with Gasteiger partial charge < -0.3 is 9.26 Å². The van der Waals surface area contributed by atoms with Crippen molar-refractivity contribution >= 4 is 8.45 Å². The van der Waals surface area contributed by atoms with Crippen LogP contribution in [0.25, 0.3) is 0 Å². The van der Waals surface area contributed by atoms with Gasteiger partial charge in [-0.15, -0.1) is 0 Å². The lowest BCUT2D eigenvalue weighted by Crippen LogP contribution is -2.43. The first-order chi connectivity index (χ1) is 13.5. The van der Waals surface area contributed by atoms with E-state index in [1.807, 2.05) is 0 Å². The van der Waals surface area contributed by atoms with E-state index in [2.05, 4.69) is 69.7 Å². The summed E-state index contributed by atoms with van der Waals surface area (Å²) in [4.78, 5) is 25.6. The molecule has 0 amide bonds. The van der Waals surface area contributed by atoms with Gasteiger partial charge >= 0.3 is 5.69 Å². The summed E-state index contributed by atoms with van der Waals surface area (Å²) in [6, 6.07) is 1.41. The number of H-pyrrole nitrogens is 1. The van der Waals surface area contributed by atoms with Crippen LogP contribution in [-0.2, 0) is 16.0 Å². The highest BCUT2D eigenvalue weighted by molar-refractivity contribution is 7.47. The van der Waals surface area contributed by atoms with Crippen LogP contribution in [0.1, 0.15) is 61.0 Å². The van der Waals surface area contributed by atoms with E-state index in [-0.39, 0.29) is 12.3 Å². The first-order valence-corrected chi connectivity index (χ1v) is 11.5. The standard InChI is InChI=1S/C20H39N4O4P/c1-14(2)23(15(3)4)29(24(16(5)6)17(7)8)28-11-10-27-13-22-12-18(9)19(25)21-20(22)26/h12,14-17H,10-11,13H2,1-9H3,(H,21,25,26). The molecule has 1 rings (SSSR count). The molecule has 0 aliphatic carbocycles. The normalized spacial score (nSPS) is 12.7. The van der Waals surface area contributed by atoms with Crippen LogP contribution < -0.4 is 11.2 Å². The molecule has 0 fully saturated rings. The second-order valence-corrected chi connectivity index (χ2v) is 9.99. The van der Waals surface area contributed by atoms with Crippen molar-refractivity contribution in [2.75, 3.05) is 13.2 Å². The van der Waals surface area contributed by atoms with E-state index in [0.29, 0.717) is 42.9 Å². The summed E-state index contributed by atoms with van der Waals surface area (Å²) >= 11 is 0. The summed E-state index contributed by atoms with van der Waals surface area (Å²) in [7, 11) is -0.961. The molecule has 8 nitrogen and oxygen atoms in total. The van der Waals surface area contributed by atoms with Crippen LogP contribution in [0, 0.1) is 6.92 Å². The molecule has 0 unspecified atom stereocenters. The van der Waals surface area contributed by atoms with Crippen LogP contribution in [0.5, 0.6) is 0 Å². The number of hydrogen-bond donors (Lipinski definition) is 1. The molecule has 0 bridgehead atoms. The molecule has 0 spiro atoms. The maximum absolute atomic E-state index is 11.8. The highest BCUT2D eigenvalue weighted by atomic mass is 31.2. The van der Waals surface area contributed by atoms with Gasteiger partial charge in [-0.3, -0.25) is 14.3 Å². The van der Waals surface area contributed by atoms with Gasteiger partial charge in [0.25, 0.3) is 5.56 Å². The molecule has 168 valence electrons. The second kappa shape index (κ2) is 12.0. The van der Waals surface area contributed by atoms with E-state index in [1.165, 1.54) is 10.8 Å². The van der Waals surface area contributed by atoms with Gasteiger partial charge in [0, 0.05) is 35.9 Å². The summed E-state index contributed by atoms with van der Waals surface area (Å²) in [5.74, 6) is 0. The second-order valence-electron chi connectivity index (χ2n) is 8.30. The fraction of sp³-hybridized carbons (Fsp3) is 0.800. The maximum Gasteiger partial charge on any atom is 0.330 e. The van der Waals surface area contributed by atoms with Crippen LogP contribution in [0.3, 0.4) is 0 Å². The van der Waals surface area contributed by atoms with Gasteiger partial charge in [-0.05, 0) is 62.3 Å². The van der Waals surface area contributed by atoms with Gasteiger partial charge in [0.05, 0.1) is 13.2 Å². The third-order valence-electron chi connectivity index (χ3n) is 4.37. The van der Waals surface area contributed by atoms with Gasteiger partial charge in [-0.2, -0.15) is 0 Å². The number of hydrogen-bond acceptors (Lipinski definition) is 6. The Balaban J connectivity index is 2.79. The number of rotatable bonds is 12. The van der Waals surface area contributed by atoms with Crippen molar-refractivity contribution in [3.63, 3.8) is 0 Å². The molecular formula is C20H39N4O4P. The molecule has 1 N–H and O–H groups in total. The van der Waals surface area contributed by atoms with Gasteiger partial charge in [0.1, 0.15) is 6.73 Å². The minimum Gasteiger partial charge on any atom is -0.358 e. The lowest BCUT2D eigenvalue weighted by atomic mass is 10.3. The topological polar surface area (TPSA) is 79.8 Å². The Labute approximate surface area is 176 Å². The molecule has 0 atom stereocenters. The monoisotopic (exact) mass is 430 g/mol. The van der Waals surface area contributed by atoms with E-state index in [9.17, 15) is 9.59 Å². The summed E-state index contributed by atoms with van der Waals surface area (Å²) in [5.41, 5.74) is -0.368. The lowest BCUT2D eigenvalue weighted by Gasteiger charge is -2.45. The predicted molar refractivity (Wildman–Crippen MR) is 119 cm³/mol. The van der Waals surface area contributed by atoms with Crippen LogP contribution in [0.4, 0.5) is 0 Å². The average Bonchev–Trinajstić information content (AvgIpc) is 2.57. The Bertz CT molecular complexity index is 694. The smallest absolute Gasteiger partial charge is 0.330 e. The SMILES string of the molecule is Cc1cn(COCCOP(N(C(C)C)C(C)C)N(C(C)C)C(C)C)c(=O)[nH]c1=O. The van der Waals surface area contributed by atoms with Crippen LogP contribution in [-0.4, -0.2) is 56.3 Å². The van der Waals surface area contributed by atoms with Crippen LogP contribution in [0.15, 0.2) is 15.8 Å². The predicted octanol–water partition coefficient (Wildman–Crippen LogP) is 3.30. The summed E-state index contributed by atoms with van der Waals surface area (Å²) < 4.78 is 18.2. The van der Waals surface area contributed by atoms with Crippen molar-refractivity contribution in [3.8, 4) is 0 Å². The van der Waals surface area contributed by atoms with Crippen LogP contribution in [0.2, 0.25) is 0 Å². The van der Waals surface area contributed by atoms with E-state index in [1.54, 1.807) is 6.92 Å². The first-order valence-electron chi connectivity index (χ1n) is 10.3.